The van der Waals surface area contributed by atoms with Crippen LogP contribution in [0.25, 0.3) is 11.1 Å². The molecular formula is C52H56N2O4. The van der Waals surface area contributed by atoms with Crippen molar-refractivity contribution in [3.8, 4) is 11.1 Å². The van der Waals surface area contributed by atoms with Crippen molar-refractivity contribution in [1.82, 2.24) is 0 Å². The molecule has 2 fully saturated rings. The Morgan fingerprint density at radius 2 is 0.724 bits per heavy atom. The number of rotatable bonds is 19. The molecule has 2 aliphatic heterocycles. The predicted molar refractivity (Wildman–Crippen MR) is 237 cm³/mol. The van der Waals surface area contributed by atoms with Crippen LogP contribution < -0.4 is 9.80 Å². The highest BCUT2D eigenvalue weighted by atomic mass is 16.5. The molecule has 58 heavy (non-hydrogen) atoms. The smallest absolute Gasteiger partial charge is 0.0566 e. The van der Waals surface area contributed by atoms with E-state index >= 15 is 0 Å². The van der Waals surface area contributed by atoms with E-state index in [1.165, 1.54) is 22.3 Å². The Labute approximate surface area is 345 Å². The Kier molecular flexibility index (Phi) is 12.7. The standard InChI is InChI=1S/C52H56N2O4/c1-3-51(37-57-38-51)35-55-33-31-41-15-23-47(24-16-41)53(45-11-7-5-8-12-45)49-27-19-43(20-28-49)44-21-29-50(30-22-44)54(46-13-9-6-10-14-46)48-25-17-42(18-26-48)32-34-56-36-52(4-2)39-58-40-52/h5-30H,3-4,31-40H2,1-2H3. The van der Waals surface area contributed by atoms with Crippen LogP contribution >= 0.6 is 0 Å². The highest BCUT2D eigenvalue weighted by Gasteiger charge is 2.37. The zero-order valence-corrected chi connectivity index (χ0v) is 34.0. The van der Waals surface area contributed by atoms with Gasteiger partial charge in [0, 0.05) is 45.0 Å². The zero-order valence-electron chi connectivity index (χ0n) is 34.0. The Hall–Kier alpha value is -5.24. The summed E-state index contributed by atoms with van der Waals surface area (Å²) < 4.78 is 23.1. The molecule has 0 radical (unpaired) electrons. The molecule has 2 heterocycles. The molecule has 8 rings (SSSR count). The fourth-order valence-corrected chi connectivity index (χ4v) is 7.80. The van der Waals surface area contributed by atoms with Gasteiger partial charge in [-0.05, 0) is 121 Å². The summed E-state index contributed by atoms with van der Waals surface area (Å²) in [6.45, 7) is 10.7. The molecule has 0 amide bonds. The van der Waals surface area contributed by atoms with Gasteiger partial charge in [-0.2, -0.15) is 0 Å². The number of hydrogen-bond acceptors (Lipinski definition) is 6. The van der Waals surface area contributed by atoms with E-state index in [4.69, 9.17) is 18.9 Å². The van der Waals surface area contributed by atoms with Gasteiger partial charge >= 0.3 is 0 Å². The Morgan fingerprint density at radius 3 is 1.02 bits per heavy atom. The Bertz CT molecular complexity index is 1980. The van der Waals surface area contributed by atoms with Crippen LogP contribution in [0.3, 0.4) is 0 Å². The molecule has 2 aliphatic rings. The van der Waals surface area contributed by atoms with Crippen LogP contribution in [-0.2, 0) is 31.8 Å². The minimum Gasteiger partial charge on any atom is -0.380 e. The summed E-state index contributed by atoms with van der Waals surface area (Å²) in [6, 6.07) is 56.7. The number of hydrogen-bond donors (Lipinski definition) is 0. The summed E-state index contributed by atoms with van der Waals surface area (Å²) >= 11 is 0. The summed E-state index contributed by atoms with van der Waals surface area (Å²) in [5.41, 5.74) is 12.0. The average molecular weight is 773 g/mol. The molecule has 0 N–H and O–H groups in total. The normalized spacial score (nSPS) is 15.3. The van der Waals surface area contributed by atoms with Crippen LogP contribution in [-0.4, -0.2) is 52.9 Å². The third kappa shape index (κ3) is 9.22. The molecule has 0 aliphatic carbocycles. The molecule has 0 unspecified atom stereocenters. The van der Waals surface area contributed by atoms with E-state index in [9.17, 15) is 0 Å². The van der Waals surface area contributed by atoms with Gasteiger partial charge in [-0.3, -0.25) is 0 Å². The molecule has 0 saturated carbocycles. The van der Waals surface area contributed by atoms with Crippen LogP contribution in [0.2, 0.25) is 0 Å². The topological polar surface area (TPSA) is 43.4 Å². The summed E-state index contributed by atoms with van der Waals surface area (Å²) in [5.74, 6) is 0. The summed E-state index contributed by atoms with van der Waals surface area (Å²) in [6.07, 6.45) is 3.98. The third-order valence-electron chi connectivity index (χ3n) is 12.0. The van der Waals surface area contributed by atoms with Crippen LogP contribution in [0.1, 0.15) is 37.8 Å². The maximum Gasteiger partial charge on any atom is 0.0566 e. The van der Waals surface area contributed by atoms with Gasteiger partial charge in [-0.25, -0.2) is 0 Å². The second-order valence-corrected chi connectivity index (χ2v) is 16.1. The lowest BCUT2D eigenvalue weighted by molar-refractivity contribution is -0.149. The number of anilines is 6. The van der Waals surface area contributed by atoms with Gasteiger partial charge in [-0.1, -0.05) is 98.8 Å². The minimum absolute atomic E-state index is 0.219. The summed E-state index contributed by atoms with van der Waals surface area (Å²) in [7, 11) is 0. The first-order valence-corrected chi connectivity index (χ1v) is 21.0. The molecule has 6 heteroatoms. The summed E-state index contributed by atoms with van der Waals surface area (Å²) in [4.78, 5) is 4.63. The van der Waals surface area contributed by atoms with Crippen molar-refractivity contribution in [2.45, 2.75) is 39.5 Å². The van der Waals surface area contributed by atoms with E-state index < -0.39 is 0 Å². The van der Waals surface area contributed by atoms with Gasteiger partial charge in [0.2, 0.25) is 0 Å². The molecule has 0 bridgehead atoms. The Balaban J connectivity index is 0.945. The minimum atomic E-state index is 0.219. The fraction of sp³-hybridized carbons (Fsp3) is 0.308. The first kappa shape index (κ1) is 39.6. The zero-order chi connectivity index (χ0) is 39.6. The lowest BCUT2D eigenvalue weighted by Gasteiger charge is -2.40. The van der Waals surface area contributed by atoms with E-state index in [1.54, 1.807) is 0 Å². The maximum atomic E-state index is 6.09. The van der Waals surface area contributed by atoms with Gasteiger partial charge in [0.15, 0.2) is 0 Å². The molecular weight excluding hydrogens is 717 g/mol. The fourth-order valence-electron chi connectivity index (χ4n) is 7.80. The predicted octanol–water partition coefficient (Wildman–Crippen LogP) is 12.3. The monoisotopic (exact) mass is 772 g/mol. The molecule has 0 spiro atoms. The average Bonchev–Trinajstić information content (AvgIpc) is 3.25. The van der Waals surface area contributed by atoms with Gasteiger partial charge in [-0.15, -0.1) is 0 Å². The number of nitrogens with zero attached hydrogens (tertiary/aromatic N) is 2. The van der Waals surface area contributed by atoms with E-state index in [0.717, 1.165) is 113 Å². The first-order valence-electron chi connectivity index (χ1n) is 21.0. The van der Waals surface area contributed by atoms with Crippen LogP contribution in [0.5, 0.6) is 0 Å². The maximum absolute atomic E-state index is 6.09. The largest absolute Gasteiger partial charge is 0.380 e. The third-order valence-corrected chi connectivity index (χ3v) is 12.0. The van der Waals surface area contributed by atoms with Crippen molar-refractivity contribution in [2.75, 3.05) is 62.7 Å². The van der Waals surface area contributed by atoms with Crippen LogP contribution in [0, 0.1) is 10.8 Å². The van der Waals surface area contributed by atoms with Gasteiger partial charge in [0.05, 0.1) is 52.9 Å². The number of benzene rings is 6. The summed E-state index contributed by atoms with van der Waals surface area (Å²) in [5, 5.41) is 0. The lowest BCUT2D eigenvalue weighted by atomic mass is 9.84. The van der Waals surface area contributed by atoms with E-state index in [-0.39, 0.29) is 10.8 Å². The van der Waals surface area contributed by atoms with Crippen molar-refractivity contribution < 1.29 is 18.9 Å². The van der Waals surface area contributed by atoms with Crippen LogP contribution in [0.4, 0.5) is 34.1 Å². The van der Waals surface area contributed by atoms with Crippen molar-refractivity contribution >= 4 is 34.1 Å². The number of ether oxygens (including phenoxy) is 4. The highest BCUT2D eigenvalue weighted by molar-refractivity contribution is 5.80. The molecule has 6 aromatic rings. The number of para-hydroxylation sites is 2. The Morgan fingerprint density at radius 1 is 0.414 bits per heavy atom. The van der Waals surface area contributed by atoms with E-state index in [2.05, 4.69) is 181 Å². The van der Waals surface area contributed by atoms with Crippen molar-refractivity contribution in [3.63, 3.8) is 0 Å². The lowest BCUT2D eigenvalue weighted by Crippen LogP contribution is -2.45. The molecule has 2 saturated heterocycles. The van der Waals surface area contributed by atoms with E-state index in [1.807, 2.05) is 0 Å². The molecule has 6 nitrogen and oxygen atoms in total. The quantitative estimate of drug-likeness (QED) is 0.0764. The van der Waals surface area contributed by atoms with Crippen molar-refractivity contribution in [3.05, 3.63) is 169 Å². The first-order chi connectivity index (χ1) is 28.6. The second kappa shape index (κ2) is 18.6. The molecule has 6 aromatic carbocycles. The van der Waals surface area contributed by atoms with Crippen LogP contribution in [0.15, 0.2) is 158 Å². The molecule has 0 aromatic heterocycles. The second-order valence-electron chi connectivity index (χ2n) is 16.1. The van der Waals surface area contributed by atoms with Gasteiger partial charge in [0.25, 0.3) is 0 Å². The van der Waals surface area contributed by atoms with Gasteiger partial charge < -0.3 is 28.7 Å². The van der Waals surface area contributed by atoms with Gasteiger partial charge in [0.1, 0.15) is 0 Å². The van der Waals surface area contributed by atoms with Crippen molar-refractivity contribution in [1.29, 1.82) is 0 Å². The van der Waals surface area contributed by atoms with E-state index in [0.29, 0.717) is 0 Å². The highest BCUT2D eigenvalue weighted by Crippen LogP contribution is 2.38. The SMILES string of the molecule is CCC1(COCCc2ccc(N(c3ccccc3)c3ccc(-c4ccc(N(c5ccccc5)c5ccc(CCOCC6(CC)COC6)cc5)cc4)cc3)cc2)COC1. The van der Waals surface area contributed by atoms with Crippen molar-refractivity contribution in [2.24, 2.45) is 10.8 Å². The molecule has 0 atom stereocenters. The molecule has 298 valence electrons.